The average molecular weight is 276 g/mol. The number of nitrogen functional groups attached to an aromatic ring is 1. The maximum atomic E-state index is 12.1. The zero-order valence-electron chi connectivity index (χ0n) is 10.9. The monoisotopic (exact) mass is 276 g/mol. The number of aryl methyl sites for hydroxylation is 1. The highest BCUT2D eigenvalue weighted by Crippen LogP contribution is 2.17. The number of hydrogen-bond donors (Lipinski definition) is 2. The van der Waals surface area contributed by atoms with Crippen molar-refractivity contribution in [3.8, 4) is 0 Å². The van der Waals surface area contributed by atoms with Crippen molar-refractivity contribution in [1.82, 2.24) is 14.9 Å². The molecule has 0 aliphatic rings. The van der Waals surface area contributed by atoms with Gasteiger partial charge in [-0.3, -0.25) is 4.79 Å². The molecule has 1 heterocycles. The van der Waals surface area contributed by atoms with E-state index in [4.69, 9.17) is 5.73 Å². The van der Waals surface area contributed by atoms with E-state index in [0.717, 1.165) is 22.8 Å². The molecule has 0 saturated carbocycles. The molecule has 2 aromatic rings. The highest BCUT2D eigenvalue weighted by atomic mass is 32.1. The predicted molar refractivity (Wildman–Crippen MR) is 76.0 cm³/mol. The van der Waals surface area contributed by atoms with Gasteiger partial charge in [-0.25, -0.2) is 0 Å². The quantitative estimate of drug-likeness (QED) is 0.839. The van der Waals surface area contributed by atoms with Crippen molar-refractivity contribution in [3.05, 3.63) is 40.4 Å². The van der Waals surface area contributed by atoms with Crippen molar-refractivity contribution in [2.45, 2.75) is 26.3 Å². The van der Waals surface area contributed by atoms with E-state index in [1.165, 1.54) is 0 Å². The Hall–Kier alpha value is -1.95. The number of anilines is 1. The summed E-state index contributed by atoms with van der Waals surface area (Å²) in [6.45, 7) is 3.88. The summed E-state index contributed by atoms with van der Waals surface area (Å²) in [7, 11) is 0. The van der Waals surface area contributed by atoms with Crippen molar-refractivity contribution in [3.63, 3.8) is 0 Å². The summed E-state index contributed by atoms with van der Waals surface area (Å²) in [5.41, 5.74) is 8.14. The molecule has 3 N–H and O–H groups in total. The van der Waals surface area contributed by atoms with Crippen molar-refractivity contribution in [1.29, 1.82) is 0 Å². The van der Waals surface area contributed by atoms with Crippen LogP contribution in [0.4, 0.5) is 5.69 Å². The second-order valence-electron chi connectivity index (χ2n) is 4.27. The summed E-state index contributed by atoms with van der Waals surface area (Å²) < 4.78 is 3.82. The molecule has 0 saturated heterocycles. The van der Waals surface area contributed by atoms with Crippen LogP contribution in [-0.2, 0) is 6.42 Å². The second kappa shape index (κ2) is 5.79. The Labute approximate surface area is 116 Å². The van der Waals surface area contributed by atoms with Crippen LogP contribution in [0.3, 0.4) is 0 Å². The number of nitrogens with two attached hydrogens (primary N) is 1. The zero-order chi connectivity index (χ0) is 13.8. The smallest absolute Gasteiger partial charge is 0.265 e. The van der Waals surface area contributed by atoms with Crippen LogP contribution in [-0.4, -0.2) is 15.5 Å². The Bertz CT molecular complexity index is 582. The van der Waals surface area contributed by atoms with Crippen molar-refractivity contribution in [2.24, 2.45) is 0 Å². The van der Waals surface area contributed by atoms with E-state index in [1.54, 1.807) is 0 Å². The molecular formula is C13H16N4OS. The van der Waals surface area contributed by atoms with Gasteiger partial charge in [0.05, 0.1) is 11.7 Å². The predicted octanol–water partition coefficient (Wildman–Crippen LogP) is 2.17. The molecule has 19 heavy (non-hydrogen) atoms. The molecule has 1 atom stereocenters. The van der Waals surface area contributed by atoms with Crippen molar-refractivity contribution < 1.29 is 4.79 Å². The van der Waals surface area contributed by atoms with Gasteiger partial charge in [0.25, 0.3) is 5.91 Å². The van der Waals surface area contributed by atoms with Gasteiger partial charge < -0.3 is 11.1 Å². The van der Waals surface area contributed by atoms with Crippen LogP contribution in [0.1, 0.15) is 40.8 Å². The highest BCUT2D eigenvalue weighted by Gasteiger charge is 2.17. The lowest BCUT2D eigenvalue weighted by molar-refractivity contribution is 0.0943. The fourth-order valence-corrected chi connectivity index (χ4v) is 2.44. The van der Waals surface area contributed by atoms with Gasteiger partial charge in [0.2, 0.25) is 0 Å². The lowest BCUT2D eigenvalue weighted by Gasteiger charge is -2.14. The van der Waals surface area contributed by atoms with Crippen molar-refractivity contribution in [2.75, 3.05) is 5.73 Å². The molecule has 1 aromatic carbocycles. The number of amides is 1. The maximum absolute atomic E-state index is 12.1. The molecule has 0 aliphatic heterocycles. The summed E-state index contributed by atoms with van der Waals surface area (Å²) in [4.78, 5) is 12.7. The fourth-order valence-electron chi connectivity index (χ4n) is 1.79. The largest absolute Gasteiger partial charge is 0.399 e. The van der Waals surface area contributed by atoms with Crippen LogP contribution >= 0.6 is 11.5 Å². The summed E-state index contributed by atoms with van der Waals surface area (Å²) >= 11 is 1.12. The first kappa shape index (κ1) is 13.5. The van der Waals surface area contributed by atoms with Crippen LogP contribution in [0.2, 0.25) is 0 Å². The third-order valence-corrected chi connectivity index (χ3v) is 3.62. The SMILES string of the molecule is CCc1nnsc1C(=O)NC(C)c1cccc(N)c1. The molecule has 1 amide bonds. The minimum absolute atomic E-state index is 0.109. The average Bonchev–Trinajstić information content (AvgIpc) is 2.87. The van der Waals surface area contributed by atoms with Crippen molar-refractivity contribution >= 4 is 23.1 Å². The van der Waals surface area contributed by atoms with E-state index in [-0.39, 0.29) is 11.9 Å². The fraction of sp³-hybridized carbons (Fsp3) is 0.308. The third-order valence-electron chi connectivity index (χ3n) is 2.86. The summed E-state index contributed by atoms with van der Waals surface area (Å²) in [6, 6.07) is 7.38. The molecule has 5 nitrogen and oxygen atoms in total. The number of carbonyl (C=O) groups excluding carboxylic acids is 1. The Balaban J connectivity index is 2.11. The minimum atomic E-state index is -0.137. The Morgan fingerprint density at radius 1 is 1.53 bits per heavy atom. The molecular weight excluding hydrogens is 260 g/mol. The van der Waals surface area contributed by atoms with Gasteiger partial charge in [-0.2, -0.15) is 0 Å². The first-order valence-electron chi connectivity index (χ1n) is 6.09. The zero-order valence-corrected chi connectivity index (χ0v) is 11.7. The maximum Gasteiger partial charge on any atom is 0.265 e. The standard InChI is InChI=1S/C13H16N4OS/c1-3-11-12(19-17-16-11)13(18)15-8(2)9-5-4-6-10(14)7-9/h4-8H,3,14H2,1-2H3,(H,15,18). The molecule has 0 bridgehead atoms. The van der Waals surface area contributed by atoms with E-state index >= 15 is 0 Å². The van der Waals surface area contributed by atoms with E-state index < -0.39 is 0 Å². The number of nitrogens with zero attached hydrogens (tertiary/aromatic N) is 2. The summed E-state index contributed by atoms with van der Waals surface area (Å²) in [5.74, 6) is -0.137. The van der Waals surface area contributed by atoms with E-state index in [1.807, 2.05) is 38.1 Å². The molecule has 2 rings (SSSR count). The van der Waals surface area contributed by atoms with Gasteiger partial charge in [-0.05, 0) is 42.6 Å². The lowest BCUT2D eigenvalue weighted by Crippen LogP contribution is -2.26. The lowest BCUT2D eigenvalue weighted by atomic mass is 10.1. The molecule has 6 heteroatoms. The number of carbonyl (C=O) groups is 1. The summed E-state index contributed by atoms with van der Waals surface area (Å²) in [5, 5.41) is 6.87. The Morgan fingerprint density at radius 3 is 3.00 bits per heavy atom. The third kappa shape index (κ3) is 3.08. The first-order valence-corrected chi connectivity index (χ1v) is 6.86. The topological polar surface area (TPSA) is 80.9 Å². The number of rotatable bonds is 4. The number of hydrogen-bond acceptors (Lipinski definition) is 5. The molecule has 1 aromatic heterocycles. The first-order chi connectivity index (χ1) is 9.11. The van der Waals surface area contributed by atoms with Crippen LogP contribution in [0.5, 0.6) is 0 Å². The van der Waals surface area contributed by atoms with E-state index in [2.05, 4.69) is 14.9 Å². The summed E-state index contributed by atoms with van der Waals surface area (Å²) in [6.07, 6.45) is 0.700. The van der Waals surface area contributed by atoms with Gasteiger partial charge in [0.1, 0.15) is 4.88 Å². The van der Waals surface area contributed by atoms with Gasteiger partial charge in [0.15, 0.2) is 0 Å². The molecule has 1 unspecified atom stereocenters. The molecule has 0 radical (unpaired) electrons. The van der Waals surface area contributed by atoms with Crippen LogP contribution in [0.15, 0.2) is 24.3 Å². The number of benzene rings is 1. The molecule has 100 valence electrons. The normalized spacial score (nSPS) is 12.1. The minimum Gasteiger partial charge on any atom is -0.399 e. The van der Waals surface area contributed by atoms with E-state index in [0.29, 0.717) is 17.0 Å². The van der Waals surface area contributed by atoms with Gasteiger partial charge in [0, 0.05) is 5.69 Å². The molecule has 0 aliphatic carbocycles. The van der Waals surface area contributed by atoms with Gasteiger partial charge >= 0.3 is 0 Å². The highest BCUT2D eigenvalue weighted by molar-refractivity contribution is 7.08. The second-order valence-corrected chi connectivity index (χ2v) is 5.02. The molecule has 0 fully saturated rings. The molecule has 0 spiro atoms. The van der Waals surface area contributed by atoms with Crippen LogP contribution in [0, 0.1) is 0 Å². The van der Waals surface area contributed by atoms with E-state index in [9.17, 15) is 4.79 Å². The van der Waals surface area contributed by atoms with Gasteiger partial charge in [-0.15, -0.1) is 5.10 Å². The Kier molecular flexibility index (Phi) is 4.11. The number of aromatic nitrogens is 2. The number of nitrogens with one attached hydrogen (secondary N) is 1. The van der Waals surface area contributed by atoms with Crippen LogP contribution in [0.25, 0.3) is 0 Å². The van der Waals surface area contributed by atoms with Gasteiger partial charge in [-0.1, -0.05) is 23.5 Å². The Morgan fingerprint density at radius 2 is 2.32 bits per heavy atom. The van der Waals surface area contributed by atoms with Crippen LogP contribution < -0.4 is 11.1 Å².